The first kappa shape index (κ1) is 21.3. The van der Waals surface area contributed by atoms with Crippen LogP contribution in [0.2, 0.25) is 0 Å². The Morgan fingerprint density at radius 3 is 2.47 bits per heavy atom. The fourth-order valence-corrected chi connectivity index (χ4v) is 6.11. The molecule has 36 heavy (non-hydrogen) atoms. The van der Waals surface area contributed by atoms with Crippen molar-refractivity contribution in [3.63, 3.8) is 0 Å². The van der Waals surface area contributed by atoms with Gasteiger partial charge in [0, 0.05) is 25.5 Å². The van der Waals surface area contributed by atoms with Crippen molar-refractivity contribution in [1.29, 1.82) is 0 Å². The smallest absolute Gasteiger partial charge is 0.251 e. The summed E-state index contributed by atoms with van der Waals surface area (Å²) in [5.74, 6) is 1.06. The lowest BCUT2D eigenvalue weighted by atomic mass is 9.68. The molecule has 0 radical (unpaired) electrons. The van der Waals surface area contributed by atoms with Crippen molar-refractivity contribution in [2.24, 2.45) is 19.8 Å². The van der Waals surface area contributed by atoms with Crippen molar-refractivity contribution in [2.45, 2.75) is 30.2 Å². The monoisotopic (exact) mass is 473 g/mol. The molecule has 1 atom stereocenters. The SMILES string of the molecule is Cn1cncc1C1(N)c2ccc(cc2)C2CC(C2)c2cccc(c2)-c2cc(=O)n(C)c3cnc1cc23. The van der Waals surface area contributed by atoms with Gasteiger partial charge in [-0.25, -0.2) is 4.98 Å². The number of fused-ring (bicyclic) bond motifs is 1. The second kappa shape index (κ2) is 7.48. The van der Waals surface area contributed by atoms with E-state index in [1.807, 2.05) is 17.8 Å². The molecule has 2 N–H and O–H groups in total. The number of aryl methyl sites for hydroxylation is 2. The molecule has 6 heteroatoms. The number of aromatic nitrogens is 4. The number of imidazole rings is 1. The van der Waals surface area contributed by atoms with Gasteiger partial charge in [-0.3, -0.25) is 9.78 Å². The second-order valence-electron chi connectivity index (χ2n) is 10.4. The highest BCUT2D eigenvalue weighted by Crippen LogP contribution is 2.48. The number of nitrogens with two attached hydrogens (primary N) is 1. The minimum atomic E-state index is -1.02. The molecule has 0 amide bonds. The second-order valence-corrected chi connectivity index (χ2v) is 10.4. The predicted molar refractivity (Wildman–Crippen MR) is 141 cm³/mol. The Kier molecular flexibility index (Phi) is 4.42. The lowest BCUT2D eigenvalue weighted by Gasteiger charge is -2.37. The van der Waals surface area contributed by atoms with E-state index in [1.54, 1.807) is 30.2 Å². The molecule has 178 valence electrons. The van der Waals surface area contributed by atoms with Crippen LogP contribution in [0.3, 0.4) is 0 Å². The van der Waals surface area contributed by atoms with Crippen LogP contribution in [0.15, 0.2) is 84.2 Å². The van der Waals surface area contributed by atoms with E-state index < -0.39 is 5.54 Å². The zero-order chi connectivity index (χ0) is 24.6. The molecule has 4 aliphatic carbocycles. The lowest BCUT2D eigenvalue weighted by Crippen LogP contribution is -2.41. The molecule has 4 aliphatic rings. The van der Waals surface area contributed by atoms with Gasteiger partial charge in [0.25, 0.3) is 5.56 Å². The zero-order valence-corrected chi connectivity index (χ0v) is 20.3. The summed E-state index contributed by atoms with van der Waals surface area (Å²) in [6.07, 6.45) is 7.61. The first-order chi connectivity index (χ1) is 17.4. The Morgan fingerprint density at radius 1 is 0.944 bits per heavy atom. The maximum atomic E-state index is 13.0. The van der Waals surface area contributed by atoms with E-state index in [4.69, 9.17) is 10.7 Å². The van der Waals surface area contributed by atoms with Crippen molar-refractivity contribution < 1.29 is 0 Å². The van der Waals surface area contributed by atoms with E-state index in [0.717, 1.165) is 46.1 Å². The quantitative estimate of drug-likeness (QED) is 0.387. The van der Waals surface area contributed by atoms with Crippen molar-refractivity contribution in [1.82, 2.24) is 19.1 Å². The summed E-state index contributed by atoms with van der Waals surface area (Å²) in [4.78, 5) is 22.2. The third kappa shape index (κ3) is 2.91. The van der Waals surface area contributed by atoms with Crippen molar-refractivity contribution >= 4 is 10.9 Å². The number of rotatable bonds is 1. The maximum Gasteiger partial charge on any atom is 0.251 e. The topological polar surface area (TPSA) is 78.7 Å². The molecule has 0 aliphatic heterocycles. The standard InChI is InChI=1S/C30H27N5O/c1-34-17-32-16-28(34)30(31)23-8-6-18(7-9-23)21-11-22(12-21)19-4-3-5-20(10-19)24-14-29(36)35(2)26-15-33-27(30)13-25(24)26/h3-10,13-17,21-22H,11-12,31H2,1-2H3. The number of hydrogen-bond acceptors (Lipinski definition) is 4. The molecule has 0 saturated heterocycles. The average molecular weight is 474 g/mol. The highest BCUT2D eigenvalue weighted by molar-refractivity contribution is 5.94. The summed E-state index contributed by atoms with van der Waals surface area (Å²) in [5.41, 5.74) is 14.2. The lowest BCUT2D eigenvalue weighted by molar-refractivity contribution is 0.351. The zero-order valence-electron chi connectivity index (χ0n) is 20.3. The minimum absolute atomic E-state index is 0.0556. The Hall–Kier alpha value is -4.03. The minimum Gasteiger partial charge on any atom is -0.335 e. The first-order valence-electron chi connectivity index (χ1n) is 12.4. The van der Waals surface area contributed by atoms with E-state index in [2.05, 4.69) is 59.6 Å². The van der Waals surface area contributed by atoms with Crippen LogP contribution in [0.4, 0.5) is 0 Å². The molecule has 3 aromatic heterocycles. The summed E-state index contributed by atoms with van der Waals surface area (Å²) in [6, 6.07) is 21.2. The Morgan fingerprint density at radius 2 is 1.72 bits per heavy atom. The molecular formula is C30H27N5O. The molecule has 1 unspecified atom stereocenters. The third-order valence-electron chi connectivity index (χ3n) is 8.40. The molecule has 0 spiro atoms. The van der Waals surface area contributed by atoms with E-state index in [1.165, 1.54) is 11.1 Å². The predicted octanol–water partition coefficient (Wildman–Crippen LogP) is 4.56. The molecule has 3 heterocycles. The van der Waals surface area contributed by atoms with Gasteiger partial charge < -0.3 is 14.9 Å². The Labute approximate surface area is 209 Å². The number of nitrogens with zero attached hydrogens (tertiary/aromatic N) is 4. The summed E-state index contributed by atoms with van der Waals surface area (Å²) in [7, 11) is 3.75. The normalized spacial score (nSPS) is 22.3. The molecule has 9 rings (SSSR count). The molecule has 8 bridgehead atoms. The Balaban J connectivity index is 1.59. The van der Waals surface area contributed by atoms with Gasteiger partial charge in [0.1, 0.15) is 5.54 Å². The van der Waals surface area contributed by atoms with Crippen LogP contribution in [-0.4, -0.2) is 19.1 Å². The Bertz CT molecular complexity index is 1710. The number of hydrogen-bond donors (Lipinski definition) is 1. The highest BCUT2D eigenvalue weighted by atomic mass is 16.1. The van der Waals surface area contributed by atoms with Crippen LogP contribution in [0.25, 0.3) is 22.0 Å². The van der Waals surface area contributed by atoms with Crippen LogP contribution in [-0.2, 0) is 19.6 Å². The van der Waals surface area contributed by atoms with Crippen LogP contribution in [0, 0.1) is 0 Å². The van der Waals surface area contributed by atoms with Gasteiger partial charge >= 0.3 is 0 Å². The van der Waals surface area contributed by atoms with Crippen molar-refractivity contribution in [2.75, 3.05) is 0 Å². The van der Waals surface area contributed by atoms with E-state index in [9.17, 15) is 4.79 Å². The first-order valence-corrected chi connectivity index (χ1v) is 12.4. The number of pyridine rings is 2. The van der Waals surface area contributed by atoms with E-state index in [-0.39, 0.29) is 5.56 Å². The third-order valence-corrected chi connectivity index (χ3v) is 8.40. The summed E-state index contributed by atoms with van der Waals surface area (Å²) in [5, 5.41) is 0.953. The molecule has 6 nitrogen and oxygen atoms in total. The van der Waals surface area contributed by atoms with E-state index in [0.29, 0.717) is 17.5 Å². The van der Waals surface area contributed by atoms with Crippen LogP contribution < -0.4 is 11.3 Å². The molecule has 1 fully saturated rings. The van der Waals surface area contributed by atoms with Gasteiger partial charge in [0.15, 0.2) is 0 Å². The largest absolute Gasteiger partial charge is 0.335 e. The van der Waals surface area contributed by atoms with Gasteiger partial charge in [-0.1, -0.05) is 48.5 Å². The van der Waals surface area contributed by atoms with Crippen molar-refractivity contribution in [3.05, 3.63) is 118 Å². The van der Waals surface area contributed by atoms with Crippen LogP contribution >= 0.6 is 0 Å². The van der Waals surface area contributed by atoms with Gasteiger partial charge in [0.2, 0.25) is 0 Å². The molecule has 1 saturated carbocycles. The van der Waals surface area contributed by atoms with Gasteiger partial charge in [-0.2, -0.15) is 0 Å². The summed E-state index contributed by atoms with van der Waals surface area (Å²) < 4.78 is 3.61. The fourth-order valence-electron chi connectivity index (χ4n) is 6.11. The summed E-state index contributed by atoms with van der Waals surface area (Å²) in [6.45, 7) is 0. The molecule has 5 aromatic rings. The van der Waals surface area contributed by atoms with Gasteiger partial charge in [0.05, 0.1) is 35.6 Å². The highest BCUT2D eigenvalue weighted by Gasteiger charge is 2.38. The fraction of sp³-hybridized carbons (Fsp3) is 0.233. The van der Waals surface area contributed by atoms with E-state index >= 15 is 0 Å². The van der Waals surface area contributed by atoms with Gasteiger partial charge in [-0.15, -0.1) is 0 Å². The van der Waals surface area contributed by atoms with Crippen molar-refractivity contribution in [3.8, 4) is 11.1 Å². The summed E-state index contributed by atoms with van der Waals surface area (Å²) >= 11 is 0. The average Bonchev–Trinajstić information content (AvgIpc) is 3.31. The molecular weight excluding hydrogens is 446 g/mol. The number of benzene rings is 2. The molecule has 2 aromatic carbocycles. The van der Waals surface area contributed by atoms with Crippen LogP contribution in [0.5, 0.6) is 0 Å². The maximum absolute atomic E-state index is 13.0. The van der Waals surface area contributed by atoms with Crippen LogP contribution in [0.1, 0.15) is 52.8 Å². The van der Waals surface area contributed by atoms with Gasteiger partial charge in [-0.05, 0) is 58.6 Å².